The van der Waals surface area contributed by atoms with Gasteiger partial charge < -0.3 is 10.1 Å². The molecule has 0 saturated carbocycles. The Kier molecular flexibility index (Phi) is 3.22. The zero-order chi connectivity index (χ0) is 11.4. The molecule has 5 heteroatoms. The average molecular weight is 236 g/mol. The van der Waals surface area contributed by atoms with Crippen LogP contribution >= 0.6 is 11.6 Å². The third kappa shape index (κ3) is 2.61. The maximum absolute atomic E-state index is 5.82. The minimum Gasteiger partial charge on any atom is -0.467 e. The number of benzene rings is 1. The standard InChI is InChI=1S/C11H10ClN3O/c1-16-11-14-9(12)7-10(15-11)13-8-5-3-2-4-6-8/h2-7H,1H3,(H,13,14,15). The highest BCUT2D eigenvalue weighted by Crippen LogP contribution is 2.19. The summed E-state index contributed by atoms with van der Waals surface area (Å²) in [4.78, 5) is 8.00. The zero-order valence-corrected chi connectivity index (χ0v) is 9.40. The largest absolute Gasteiger partial charge is 0.467 e. The van der Waals surface area contributed by atoms with E-state index in [1.807, 2.05) is 30.3 Å². The highest BCUT2D eigenvalue weighted by Gasteiger charge is 2.03. The molecule has 0 aliphatic heterocycles. The molecule has 1 aromatic carbocycles. The van der Waals surface area contributed by atoms with E-state index in [-0.39, 0.29) is 6.01 Å². The zero-order valence-electron chi connectivity index (χ0n) is 8.64. The van der Waals surface area contributed by atoms with E-state index in [0.29, 0.717) is 11.0 Å². The van der Waals surface area contributed by atoms with Gasteiger partial charge in [-0.3, -0.25) is 0 Å². The SMILES string of the molecule is COc1nc(Cl)cc(Nc2ccccc2)n1. The van der Waals surface area contributed by atoms with Crippen molar-refractivity contribution in [1.82, 2.24) is 9.97 Å². The summed E-state index contributed by atoms with van der Waals surface area (Å²) in [5.74, 6) is 0.600. The van der Waals surface area contributed by atoms with E-state index in [1.165, 1.54) is 7.11 Å². The Morgan fingerprint density at radius 1 is 1.19 bits per heavy atom. The summed E-state index contributed by atoms with van der Waals surface area (Å²) in [5.41, 5.74) is 0.930. The first kappa shape index (κ1) is 10.7. The summed E-state index contributed by atoms with van der Waals surface area (Å²) in [6.07, 6.45) is 0. The number of nitrogens with zero attached hydrogens (tertiary/aromatic N) is 2. The van der Waals surface area contributed by atoms with Crippen molar-refractivity contribution in [2.24, 2.45) is 0 Å². The van der Waals surface area contributed by atoms with Crippen LogP contribution in [0.1, 0.15) is 0 Å². The number of aromatic nitrogens is 2. The predicted octanol–water partition coefficient (Wildman–Crippen LogP) is 2.88. The van der Waals surface area contributed by atoms with Gasteiger partial charge in [-0.2, -0.15) is 9.97 Å². The van der Waals surface area contributed by atoms with Crippen molar-refractivity contribution in [1.29, 1.82) is 0 Å². The predicted molar refractivity (Wildman–Crippen MR) is 63.3 cm³/mol. The lowest BCUT2D eigenvalue weighted by Crippen LogP contribution is -1.98. The number of ether oxygens (including phenoxy) is 1. The number of nitrogens with one attached hydrogen (secondary N) is 1. The highest BCUT2D eigenvalue weighted by molar-refractivity contribution is 6.29. The van der Waals surface area contributed by atoms with Crippen LogP contribution in [0.3, 0.4) is 0 Å². The van der Waals surface area contributed by atoms with Crippen LogP contribution in [0, 0.1) is 0 Å². The number of hydrogen-bond donors (Lipinski definition) is 1. The van der Waals surface area contributed by atoms with Gasteiger partial charge in [0, 0.05) is 11.8 Å². The first-order valence-corrected chi connectivity index (χ1v) is 5.06. The smallest absolute Gasteiger partial charge is 0.319 e. The molecular formula is C11H10ClN3O. The number of rotatable bonds is 3. The summed E-state index contributed by atoms with van der Waals surface area (Å²) < 4.78 is 4.93. The van der Waals surface area contributed by atoms with Crippen molar-refractivity contribution in [3.8, 4) is 6.01 Å². The molecule has 2 rings (SSSR count). The summed E-state index contributed by atoms with van der Waals surface area (Å²) in [6.45, 7) is 0. The molecule has 0 fully saturated rings. The molecule has 0 aliphatic carbocycles. The minimum atomic E-state index is 0.242. The van der Waals surface area contributed by atoms with Gasteiger partial charge in [-0.15, -0.1) is 0 Å². The van der Waals surface area contributed by atoms with E-state index in [0.717, 1.165) is 5.69 Å². The Bertz CT molecular complexity index is 476. The van der Waals surface area contributed by atoms with Crippen molar-refractivity contribution < 1.29 is 4.74 Å². The quantitative estimate of drug-likeness (QED) is 0.831. The average Bonchev–Trinajstić information content (AvgIpc) is 2.29. The number of methoxy groups -OCH3 is 1. The van der Waals surface area contributed by atoms with Crippen LogP contribution in [-0.4, -0.2) is 17.1 Å². The molecule has 0 unspecified atom stereocenters. The maximum atomic E-state index is 5.82. The molecule has 1 N–H and O–H groups in total. The fraction of sp³-hybridized carbons (Fsp3) is 0.0909. The summed E-state index contributed by atoms with van der Waals surface area (Å²) in [5, 5.41) is 3.44. The molecule has 0 amide bonds. The minimum absolute atomic E-state index is 0.242. The Hall–Kier alpha value is -1.81. The Labute approximate surface area is 98.3 Å². The summed E-state index contributed by atoms with van der Waals surface area (Å²) in [6, 6.07) is 11.6. The van der Waals surface area contributed by atoms with Gasteiger partial charge in [0.15, 0.2) is 0 Å². The second-order valence-corrected chi connectivity index (χ2v) is 3.44. The van der Waals surface area contributed by atoms with Crippen LogP contribution in [-0.2, 0) is 0 Å². The van der Waals surface area contributed by atoms with Gasteiger partial charge in [-0.1, -0.05) is 29.8 Å². The number of anilines is 2. The molecule has 0 saturated heterocycles. The van der Waals surface area contributed by atoms with Crippen LogP contribution in [0.5, 0.6) is 6.01 Å². The van der Waals surface area contributed by atoms with Gasteiger partial charge in [0.1, 0.15) is 11.0 Å². The van der Waals surface area contributed by atoms with Crippen LogP contribution < -0.4 is 10.1 Å². The molecule has 0 aliphatic rings. The van der Waals surface area contributed by atoms with E-state index < -0.39 is 0 Å². The molecule has 16 heavy (non-hydrogen) atoms. The topological polar surface area (TPSA) is 47.0 Å². The Morgan fingerprint density at radius 2 is 1.94 bits per heavy atom. The van der Waals surface area contributed by atoms with Crippen molar-refractivity contribution in [2.45, 2.75) is 0 Å². The van der Waals surface area contributed by atoms with Crippen LogP contribution in [0.25, 0.3) is 0 Å². The molecular weight excluding hydrogens is 226 g/mol. The molecule has 4 nitrogen and oxygen atoms in total. The van der Waals surface area contributed by atoms with Crippen LogP contribution in [0.2, 0.25) is 5.15 Å². The second-order valence-electron chi connectivity index (χ2n) is 3.05. The van der Waals surface area contributed by atoms with Gasteiger partial charge in [-0.25, -0.2) is 0 Å². The third-order valence-corrected chi connectivity index (χ3v) is 2.10. The molecule has 1 heterocycles. The molecule has 0 bridgehead atoms. The summed E-state index contributed by atoms with van der Waals surface area (Å²) in [7, 11) is 1.50. The maximum Gasteiger partial charge on any atom is 0.319 e. The fourth-order valence-corrected chi connectivity index (χ4v) is 1.40. The number of halogens is 1. The number of hydrogen-bond acceptors (Lipinski definition) is 4. The van der Waals surface area contributed by atoms with Crippen LogP contribution in [0.15, 0.2) is 36.4 Å². The third-order valence-electron chi connectivity index (χ3n) is 1.90. The van der Waals surface area contributed by atoms with E-state index in [2.05, 4.69) is 15.3 Å². The Morgan fingerprint density at radius 3 is 2.62 bits per heavy atom. The normalized spacial score (nSPS) is 9.88. The van der Waals surface area contributed by atoms with Crippen molar-refractivity contribution in [3.05, 3.63) is 41.6 Å². The first-order valence-electron chi connectivity index (χ1n) is 4.68. The van der Waals surface area contributed by atoms with Crippen LogP contribution in [0.4, 0.5) is 11.5 Å². The van der Waals surface area contributed by atoms with Crippen molar-refractivity contribution >= 4 is 23.1 Å². The first-order chi connectivity index (χ1) is 7.78. The second kappa shape index (κ2) is 4.81. The number of para-hydroxylation sites is 1. The molecule has 82 valence electrons. The lowest BCUT2D eigenvalue weighted by atomic mass is 10.3. The van der Waals surface area contributed by atoms with Gasteiger partial charge in [0.25, 0.3) is 0 Å². The van der Waals surface area contributed by atoms with Crippen molar-refractivity contribution in [3.63, 3.8) is 0 Å². The van der Waals surface area contributed by atoms with Gasteiger partial charge in [0.05, 0.1) is 7.11 Å². The van der Waals surface area contributed by atoms with Gasteiger partial charge >= 0.3 is 6.01 Å². The highest BCUT2D eigenvalue weighted by atomic mass is 35.5. The van der Waals surface area contributed by atoms with E-state index >= 15 is 0 Å². The Balaban J connectivity index is 2.24. The molecule has 0 spiro atoms. The van der Waals surface area contributed by atoms with Gasteiger partial charge in [-0.05, 0) is 12.1 Å². The molecule has 0 radical (unpaired) electrons. The van der Waals surface area contributed by atoms with E-state index in [9.17, 15) is 0 Å². The fourth-order valence-electron chi connectivity index (χ4n) is 1.22. The van der Waals surface area contributed by atoms with E-state index in [4.69, 9.17) is 16.3 Å². The van der Waals surface area contributed by atoms with E-state index in [1.54, 1.807) is 6.07 Å². The van der Waals surface area contributed by atoms with Crippen molar-refractivity contribution in [2.75, 3.05) is 12.4 Å². The molecule has 0 atom stereocenters. The van der Waals surface area contributed by atoms with Gasteiger partial charge in [0.2, 0.25) is 0 Å². The monoisotopic (exact) mass is 235 g/mol. The lowest BCUT2D eigenvalue weighted by Gasteiger charge is -2.06. The molecule has 2 aromatic rings. The lowest BCUT2D eigenvalue weighted by molar-refractivity contribution is 0.380. The summed E-state index contributed by atoms with van der Waals surface area (Å²) >= 11 is 5.82. The molecule has 1 aromatic heterocycles.